The number of para-hydroxylation sites is 1. The quantitative estimate of drug-likeness (QED) is 0.189. The molecule has 0 radical (unpaired) electrons. The largest absolute Gasteiger partial charge is 0.452 e. The Morgan fingerprint density at radius 2 is 2.07 bits per heavy atom. The predicted molar refractivity (Wildman–Crippen MR) is 104 cm³/mol. The van der Waals surface area contributed by atoms with E-state index in [1.165, 1.54) is 24.3 Å². The number of esters is 1. The Morgan fingerprint density at radius 1 is 1.32 bits per heavy atom. The van der Waals surface area contributed by atoms with E-state index in [0.717, 1.165) is 28.3 Å². The van der Waals surface area contributed by atoms with Crippen molar-refractivity contribution in [3.63, 3.8) is 0 Å². The molecule has 0 aliphatic carbocycles. The van der Waals surface area contributed by atoms with Crippen molar-refractivity contribution >= 4 is 41.1 Å². The lowest BCUT2D eigenvalue weighted by Gasteiger charge is -2.09. The molecule has 9 heteroatoms. The minimum Gasteiger partial charge on any atom is -0.452 e. The van der Waals surface area contributed by atoms with Gasteiger partial charge in [-0.05, 0) is 54.6 Å². The molecule has 0 spiro atoms. The Kier molecular flexibility index (Phi) is 7.30. The van der Waals surface area contributed by atoms with Crippen LogP contribution in [0.3, 0.4) is 0 Å². The third-order valence-electron chi connectivity index (χ3n) is 3.51. The molecule has 2 aromatic rings. The zero-order valence-electron chi connectivity index (χ0n) is 14.7. The number of aryl methyl sites for hydroxylation is 1. The summed E-state index contributed by atoms with van der Waals surface area (Å²) in [6, 6.07) is 11.0. The maximum atomic E-state index is 11.9. The molecule has 0 aromatic heterocycles. The fraction of sp³-hybridized carbons (Fsp3) is 0.105. The van der Waals surface area contributed by atoms with Crippen molar-refractivity contribution in [2.45, 2.75) is 11.8 Å². The summed E-state index contributed by atoms with van der Waals surface area (Å²) in [5.41, 5.74) is 1.41. The van der Waals surface area contributed by atoms with Crippen LogP contribution in [0.15, 0.2) is 53.4 Å². The highest BCUT2D eigenvalue weighted by Crippen LogP contribution is 2.23. The molecule has 8 nitrogen and oxygen atoms in total. The molecular weight excluding hydrogens is 382 g/mol. The summed E-state index contributed by atoms with van der Waals surface area (Å²) in [5.74, 6) is -1.33. The molecule has 0 aliphatic heterocycles. The Hall–Kier alpha value is -3.64. The second-order valence-electron chi connectivity index (χ2n) is 5.48. The minimum absolute atomic E-state index is 0.141. The van der Waals surface area contributed by atoms with Gasteiger partial charge in [-0.3, -0.25) is 14.9 Å². The molecule has 142 valence electrons. The van der Waals surface area contributed by atoms with Crippen molar-refractivity contribution in [2.75, 3.05) is 11.9 Å². The first-order chi connectivity index (χ1) is 13.4. The fourth-order valence-electron chi connectivity index (χ4n) is 2.22. The summed E-state index contributed by atoms with van der Waals surface area (Å²) in [7, 11) is 0. The summed E-state index contributed by atoms with van der Waals surface area (Å²) in [4.78, 5) is 34.8. The van der Waals surface area contributed by atoms with E-state index < -0.39 is 23.4 Å². The Labute approximate surface area is 165 Å². The number of amides is 1. The highest BCUT2D eigenvalue weighted by atomic mass is 32.2. The number of carbonyl (C=O) groups excluding carboxylic acids is 2. The number of anilines is 1. The highest BCUT2D eigenvalue weighted by Gasteiger charge is 2.11. The summed E-state index contributed by atoms with van der Waals surface area (Å²) in [5, 5.41) is 24.2. The molecule has 0 saturated heterocycles. The summed E-state index contributed by atoms with van der Waals surface area (Å²) < 4.78 is 4.85. The molecule has 28 heavy (non-hydrogen) atoms. The molecule has 0 fully saturated rings. The molecular formula is C19H15N3O5S. The maximum absolute atomic E-state index is 11.9. The third kappa shape index (κ3) is 5.96. The molecule has 0 heterocycles. The average Bonchev–Trinajstić information content (AvgIpc) is 2.67. The number of carbonyl (C=O) groups is 2. The van der Waals surface area contributed by atoms with Crippen LogP contribution in [0.25, 0.3) is 6.08 Å². The first-order valence-corrected chi connectivity index (χ1v) is 8.77. The zero-order chi connectivity index (χ0) is 20.5. The van der Waals surface area contributed by atoms with Crippen LogP contribution < -0.4 is 5.32 Å². The van der Waals surface area contributed by atoms with Gasteiger partial charge in [0.05, 0.1) is 10.5 Å². The van der Waals surface area contributed by atoms with Crippen molar-refractivity contribution < 1.29 is 19.2 Å². The number of hydrogen-bond donors (Lipinski definition) is 1. The van der Waals surface area contributed by atoms with Gasteiger partial charge in [0.15, 0.2) is 6.61 Å². The third-order valence-corrected chi connectivity index (χ3v) is 4.09. The summed E-state index contributed by atoms with van der Waals surface area (Å²) in [6.45, 7) is 1.27. The van der Waals surface area contributed by atoms with E-state index in [-0.39, 0.29) is 11.3 Å². The van der Waals surface area contributed by atoms with Crippen molar-refractivity contribution in [2.24, 2.45) is 0 Å². The molecule has 0 atom stereocenters. The van der Waals surface area contributed by atoms with E-state index in [1.807, 2.05) is 5.40 Å². The van der Waals surface area contributed by atoms with Crippen LogP contribution in [0.5, 0.6) is 0 Å². The minimum atomic E-state index is -0.800. The predicted octanol–water partition coefficient (Wildman–Crippen LogP) is 3.67. The zero-order valence-corrected chi connectivity index (χ0v) is 15.6. The van der Waals surface area contributed by atoms with Crippen LogP contribution in [-0.4, -0.2) is 23.4 Å². The van der Waals surface area contributed by atoms with Gasteiger partial charge in [-0.25, -0.2) is 4.79 Å². The van der Waals surface area contributed by atoms with Gasteiger partial charge >= 0.3 is 5.97 Å². The average molecular weight is 397 g/mol. The maximum Gasteiger partial charge on any atom is 0.331 e. The second-order valence-corrected chi connectivity index (χ2v) is 6.33. The normalized spacial score (nSPS) is 10.3. The first-order valence-electron chi connectivity index (χ1n) is 7.95. The number of thiocyanates is 1. The van der Waals surface area contributed by atoms with E-state index in [9.17, 15) is 19.7 Å². The van der Waals surface area contributed by atoms with Gasteiger partial charge in [0.1, 0.15) is 5.40 Å². The van der Waals surface area contributed by atoms with Crippen molar-refractivity contribution in [1.29, 1.82) is 5.26 Å². The molecule has 0 aliphatic rings. The molecule has 2 rings (SSSR count). The van der Waals surface area contributed by atoms with Gasteiger partial charge in [0, 0.05) is 22.7 Å². The van der Waals surface area contributed by atoms with Gasteiger partial charge in [-0.15, -0.1) is 0 Å². The number of nitrogens with one attached hydrogen (secondary N) is 1. The lowest BCUT2D eigenvalue weighted by molar-refractivity contribution is -0.385. The van der Waals surface area contributed by atoms with Crippen molar-refractivity contribution in [1.82, 2.24) is 0 Å². The number of thioether (sulfide) groups is 1. The van der Waals surface area contributed by atoms with Crippen LogP contribution in [-0.2, 0) is 14.3 Å². The van der Waals surface area contributed by atoms with Gasteiger partial charge in [-0.1, -0.05) is 12.1 Å². The number of nitro groups is 1. The molecule has 0 bridgehead atoms. The standard InChI is InChI=1S/C19H15N3O5S/c1-13-10-15(28-12-20)7-8-16(13)21-18(23)11-27-19(24)9-6-14-4-2-3-5-17(14)22(25)26/h2-10H,11H2,1H3,(H,21,23)/b9-6+. The van der Waals surface area contributed by atoms with Crippen LogP contribution in [0.2, 0.25) is 0 Å². The van der Waals surface area contributed by atoms with Crippen LogP contribution in [0, 0.1) is 27.7 Å². The number of nitro benzene ring substituents is 1. The number of benzene rings is 2. The highest BCUT2D eigenvalue weighted by molar-refractivity contribution is 8.03. The van der Waals surface area contributed by atoms with Crippen LogP contribution >= 0.6 is 11.8 Å². The summed E-state index contributed by atoms with van der Waals surface area (Å²) >= 11 is 1.01. The van der Waals surface area contributed by atoms with E-state index in [0.29, 0.717) is 5.69 Å². The monoisotopic (exact) mass is 397 g/mol. The van der Waals surface area contributed by atoms with E-state index >= 15 is 0 Å². The lowest BCUT2D eigenvalue weighted by atomic mass is 10.1. The smallest absolute Gasteiger partial charge is 0.331 e. The second kappa shape index (κ2) is 9.89. The lowest BCUT2D eigenvalue weighted by Crippen LogP contribution is -2.20. The number of hydrogen-bond acceptors (Lipinski definition) is 7. The molecule has 1 N–H and O–H groups in total. The SMILES string of the molecule is Cc1cc(SC#N)ccc1NC(=O)COC(=O)/C=C/c1ccccc1[N+](=O)[O-]. The Bertz CT molecular complexity index is 982. The van der Waals surface area contributed by atoms with E-state index in [4.69, 9.17) is 10.00 Å². The number of rotatable bonds is 7. The number of nitrogens with zero attached hydrogens (tertiary/aromatic N) is 2. The fourth-order valence-corrected chi connectivity index (χ4v) is 2.69. The van der Waals surface area contributed by atoms with E-state index in [1.54, 1.807) is 31.2 Å². The topological polar surface area (TPSA) is 122 Å². The molecule has 1 amide bonds. The van der Waals surface area contributed by atoms with Crippen molar-refractivity contribution in [3.05, 3.63) is 69.8 Å². The Balaban J connectivity index is 1.90. The van der Waals surface area contributed by atoms with E-state index in [2.05, 4.69) is 5.32 Å². The Morgan fingerprint density at radius 3 is 2.75 bits per heavy atom. The van der Waals surface area contributed by atoms with Gasteiger partial charge in [0.2, 0.25) is 0 Å². The molecule has 0 saturated carbocycles. The van der Waals surface area contributed by atoms with Gasteiger partial charge in [0.25, 0.3) is 11.6 Å². The van der Waals surface area contributed by atoms with Crippen molar-refractivity contribution in [3.8, 4) is 5.40 Å². The number of nitriles is 1. The molecule has 2 aromatic carbocycles. The summed E-state index contributed by atoms with van der Waals surface area (Å²) in [6.07, 6.45) is 2.28. The van der Waals surface area contributed by atoms with Crippen LogP contribution in [0.4, 0.5) is 11.4 Å². The van der Waals surface area contributed by atoms with Crippen LogP contribution in [0.1, 0.15) is 11.1 Å². The number of ether oxygens (including phenoxy) is 1. The molecule has 0 unspecified atom stereocenters. The van der Waals surface area contributed by atoms with Gasteiger partial charge in [-0.2, -0.15) is 5.26 Å². The van der Waals surface area contributed by atoms with Gasteiger partial charge < -0.3 is 10.1 Å². The first kappa shape index (κ1) is 20.7.